The second-order valence-electron chi connectivity index (χ2n) is 6.03. The molecular weight excluding hydrogens is 316 g/mol. The summed E-state index contributed by atoms with van der Waals surface area (Å²) in [5, 5.41) is 3.92. The second kappa shape index (κ2) is 7.96. The van der Waals surface area contributed by atoms with E-state index in [0.29, 0.717) is 12.4 Å². The van der Waals surface area contributed by atoms with Gasteiger partial charge in [-0.3, -0.25) is 5.32 Å². The molecule has 0 saturated carbocycles. The van der Waals surface area contributed by atoms with Crippen LogP contribution in [0, 0.1) is 6.92 Å². The first-order chi connectivity index (χ1) is 12.1. The van der Waals surface area contributed by atoms with Crippen LogP contribution >= 0.6 is 0 Å². The van der Waals surface area contributed by atoms with Crippen molar-refractivity contribution >= 4 is 16.9 Å². The van der Waals surface area contributed by atoms with Gasteiger partial charge in [-0.15, -0.1) is 0 Å². The SMILES string of the molecule is Cc1ccc2[nH]cc(OC(=O)[C@H](C)NCOCc3ccccc3)c2c1. The van der Waals surface area contributed by atoms with Gasteiger partial charge in [0.1, 0.15) is 6.04 Å². The number of hydrogen-bond acceptors (Lipinski definition) is 4. The molecule has 0 aliphatic carbocycles. The highest BCUT2D eigenvalue weighted by molar-refractivity contribution is 5.90. The van der Waals surface area contributed by atoms with Crippen LogP contribution < -0.4 is 10.1 Å². The zero-order valence-corrected chi connectivity index (χ0v) is 14.4. The van der Waals surface area contributed by atoms with E-state index in [4.69, 9.17) is 9.47 Å². The number of hydrogen-bond donors (Lipinski definition) is 2. The molecule has 0 aliphatic heterocycles. The van der Waals surface area contributed by atoms with Gasteiger partial charge < -0.3 is 14.5 Å². The van der Waals surface area contributed by atoms with Crippen LogP contribution in [0.3, 0.4) is 0 Å². The molecule has 1 aromatic heterocycles. The predicted octanol–water partition coefficient (Wildman–Crippen LogP) is 3.53. The molecule has 2 aromatic carbocycles. The molecule has 0 aliphatic rings. The Morgan fingerprint density at radius 2 is 2.00 bits per heavy atom. The van der Waals surface area contributed by atoms with Gasteiger partial charge in [-0.25, -0.2) is 4.79 Å². The van der Waals surface area contributed by atoms with Crippen molar-refractivity contribution in [1.29, 1.82) is 0 Å². The lowest BCUT2D eigenvalue weighted by Crippen LogP contribution is -2.38. The molecule has 0 unspecified atom stereocenters. The van der Waals surface area contributed by atoms with Crippen molar-refractivity contribution < 1.29 is 14.3 Å². The van der Waals surface area contributed by atoms with Crippen molar-refractivity contribution in [2.75, 3.05) is 6.73 Å². The number of esters is 1. The van der Waals surface area contributed by atoms with Crippen molar-refractivity contribution in [2.45, 2.75) is 26.5 Å². The fourth-order valence-corrected chi connectivity index (χ4v) is 2.50. The summed E-state index contributed by atoms with van der Waals surface area (Å²) in [5.74, 6) is 0.202. The van der Waals surface area contributed by atoms with Crippen LogP contribution in [-0.4, -0.2) is 23.7 Å². The molecular formula is C20H22N2O3. The zero-order chi connectivity index (χ0) is 17.6. The smallest absolute Gasteiger partial charge is 0.328 e. The molecule has 0 spiro atoms. The number of H-pyrrole nitrogens is 1. The highest BCUT2D eigenvalue weighted by Gasteiger charge is 2.16. The summed E-state index contributed by atoms with van der Waals surface area (Å²) in [6, 6.07) is 15.4. The third-order valence-corrected chi connectivity index (χ3v) is 3.97. The van der Waals surface area contributed by atoms with Crippen molar-refractivity contribution in [3.8, 4) is 5.75 Å². The predicted molar refractivity (Wildman–Crippen MR) is 97.4 cm³/mol. The molecule has 3 aromatic rings. The summed E-state index contributed by atoms with van der Waals surface area (Å²) in [5.41, 5.74) is 3.15. The van der Waals surface area contributed by atoms with Crippen LogP contribution in [0.1, 0.15) is 18.1 Å². The van der Waals surface area contributed by atoms with Crippen molar-refractivity contribution in [1.82, 2.24) is 10.3 Å². The quantitative estimate of drug-likeness (QED) is 0.393. The highest BCUT2D eigenvalue weighted by atomic mass is 16.5. The van der Waals surface area contributed by atoms with E-state index >= 15 is 0 Å². The average molecular weight is 338 g/mol. The van der Waals surface area contributed by atoms with E-state index in [1.165, 1.54) is 0 Å². The molecule has 0 amide bonds. The van der Waals surface area contributed by atoms with E-state index < -0.39 is 6.04 Å². The highest BCUT2D eigenvalue weighted by Crippen LogP contribution is 2.26. The Morgan fingerprint density at radius 3 is 2.80 bits per heavy atom. The van der Waals surface area contributed by atoms with Crippen LogP contribution in [-0.2, 0) is 16.1 Å². The Hall–Kier alpha value is -2.63. The van der Waals surface area contributed by atoms with Crippen LogP contribution in [0.5, 0.6) is 5.75 Å². The Morgan fingerprint density at radius 1 is 1.20 bits per heavy atom. The van der Waals surface area contributed by atoms with Gasteiger partial charge in [0.15, 0.2) is 5.75 Å². The van der Waals surface area contributed by atoms with Crippen LogP contribution in [0.2, 0.25) is 0 Å². The number of aromatic nitrogens is 1. The number of carbonyl (C=O) groups excluding carboxylic acids is 1. The third-order valence-electron chi connectivity index (χ3n) is 3.97. The standard InChI is InChI=1S/C20H22N2O3/c1-14-8-9-18-17(10-14)19(11-21-18)25-20(23)15(2)22-13-24-12-16-6-4-3-5-7-16/h3-11,15,21-22H,12-13H2,1-2H3/t15-/m0/s1. The topological polar surface area (TPSA) is 63.4 Å². The summed E-state index contributed by atoms with van der Waals surface area (Å²) in [6.45, 7) is 4.54. The maximum atomic E-state index is 12.2. The maximum Gasteiger partial charge on any atom is 0.328 e. The molecule has 5 heteroatoms. The van der Waals surface area contributed by atoms with E-state index in [9.17, 15) is 4.79 Å². The van der Waals surface area contributed by atoms with Crippen molar-refractivity contribution in [3.63, 3.8) is 0 Å². The second-order valence-corrected chi connectivity index (χ2v) is 6.03. The van der Waals surface area contributed by atoms with E-state index in [-0.39, 0.29) is 12.7 Å². The molecule has 3 rings (SSSR count). The summed E-state index contributed by atoms with van der Waals surface area (Å²) in [7, 11) is 0. The average Bonchev–Trinajstić information content (AvgIpc) is 3.01. The number of rotatable bonds is 7. The van der Waals surface area contributed by atoms with Gasteiger partial charge in [0, 0.05) is 17.1 Å². The first kappa shape index (κ1) is 17.2. The van der Waals surface area contributed by atoms with E-state index in [2.05, 4.69) is 10.3 Å². The Bertz CT molecular complexity index is 843. The lowest BCUT2D eigenvalue weighted by molar-refractivity contribution is -0.136. The molecule has 25 heavy (non-hydrogen) atoms. The minimum absolute atomic E-state index is 0.276. The molecule has 0 radical (unpaired) electrons. The minimum atomic E-state index is -0.467. The van der Waals surface area contributed by atoms with Gasteiger partial charge in [-0.2, -0.15) is 0 Å². The number of aryl methyl sites for hydroxylation is 1. The molecule has 0 fully saturated rings. The van der Waals surface area contributed by atoms with E-state index in [0.717, 1.165) is 22.0 Å². The van der Waals surface area contributed by atoms with Gasteiger partial charge in [0.05, 0.1) is 13.3 Å². The first-order valence-electron chi connectivity index (χ1n) is 8.28. The van der Waals surface area contributed by atoms with Gasteiger partial charge in [0.2, 0.25) is 0 Å². The fourth-order valence-electron chi connectivity index (χ4n) is 2.50. The fraction of sp³-hybridized carbons (Fsp3) is 0.250. The summed E-state index contributed by atoms with van der Waals surface area (Å²) in [4.78, 5) is 15.4. The molecule has 1 heterocycles. The zero-order valence-electron chi connectivity index (χ0n) is 14.4. The Labute approximate surface area is 147 Å². The monoisotopic (exact) mass is 338 g/mol. The Balaban J connectivity index is 1.49. The molecule has 0 bridgehead atoms. The maximum absolute atomic E-state index is 12.2. The van der Waals surface area contributed by atoms with Crippen LogP contribution in [0.4, 0.5) is 0 Å². The number of ether oxygens (including phenoxy) is 2. The largest absolute Gasteiger partial charge is 0.423 e. The van der Waals surface area contributed by atoms with E-state index in [1.807, 2.05) is 55.5 Å². The summed E-state index contributed by atoms with van der Waals surface area (Å²) >= 11 is 0. The van der Waals surface area contributed by atoms with Gasteiger partial charge in [0.25, 0.3) is 0 Å². The van der Waals surface area contributed by atoms with Gasteiger partial charge in [-0.05, 0) is 31.5 Å². The third kappa shape index (κ3) is 4.47. The number of nitrogens with one attached hydrogen (secondary N) is 2. The van der Waals surface area contributed by atoms with E-state index in [1.54, 1.807) is 13.1 Å². The minimum Gasteiger partial charge on any atom is -0.423 e. The molecule has 130 valence electrons. The van der Waals surface area contributed by atoms with Gasteiger partial charge >= 0.3 is 5.97 Å². The number of carbonyl (C=O) groups is 1. The summed E-state index contributed by atoms with van der Waals surface area (Å²) < 4.78 is 11.0. The van der Waals surface area contributed by atoms with Crippen molar-refractivity contribution in [2.24, 2.45) is 0 Å². The van der Waals surface area contributed by atoms with Crippen LogP contribution in [0.15, 0.2) is 54.7 Å². The van der Waals surface area contributed by atoms with Gasteiger partial charge in [-0.1, -0.05) is 42.0 Å². The number of aromatic amines is 1. The molecule has 0 saturated heterocycles. The normalized spacial score (nSPS) is 12.2. The molecule has 2 N–H and O–H groups in total. The molecule has 5 nitrogen and oxygen atoms in total. The lowest BCUT2D eigenvalue weighted by Gasteiger charge is -2.13. The number of fused-ring (bicyclic) bond motifs is 1. The summed E-state index contributed by atoms with van der Waals surface area (Å²) in [6.07, 6.45) is 1.71. The molecule has 1 atom stereocenters. The Kier molecular flexibility index (Phi) is 5.48. The van der Waals surface area contributed by atoms with Crippen molar-refractivity contribution in [3.05, 3.63) is 65.9 Å². The number of benzene rings is 2. The first-order valence-corrected chi connectivity index (χ1v) is 8.28. The lowest BCUT2D eigenvalue weighted by atomic mass is 10.2. The van der Waals surface area contributed by atoms with Crippen LogP contribution in [0.25, 0.3) is 10.9 Å².